The Bertz CT molecular complexity index is 705. The van der Waals surface area contributed by atoms with Gasteiger partial charge in [-0.2, -0.15) is 0 Å². The fraction of sp³-hybridized carbons (Fsp3) is 0.222. The van der Waals surface area contributed by atoms with Crippen molar-refractivity contribution in [2.24, 2.45) is 0 Å². The number of rotatable bonds is 8. The van der Waals surface area contributed by atoms with Crippen molar-refractivity contribution in [2.75, 3.05) is 24.2 Å². The minimum absolute atomic E-state index is 0.0478. The molecule has 0 radical (unpaired) electrons. The second-order valence-electron chi connectivity index (χ2n) is 5.06. The maximum Gasteiger partial charge on any atom is 0.257 e. The molecule has 132 valence electrons. The van der Waals surface area contributed by atoms with E-state index in [-0.39, 0.29) is 30.0 Å². The molecular weight excluding hydrogens is 343 g/mol. The van der Waals surface area contributed by atoms with E-state index in [9.17, 15) is 14.0 Å². The van der Waals surface area contributed by atoms with Crippen molar-refractivity contribution in [3.8, 4) is 5.75 Å². The van der Waals surface area contributed by atoms with Crippen molar-refractivity contribution in [1.29, 1.82) is 0 Å². The molecule has 25 heavy (non-hydrogen) atoms. The number of halogens is 1. The zero-order valence-electron chi connectivity index (χ0n) is 13.8. The summed E-state index contributed by atoms with van der Waals surface area (Å²) >= 11 is 1.33. The molecule has 0 heterocycles. The Hall–Kier alpha value is -2.54. The van der Waals surface area contributed by atoms with Crippen LogP contribution in [0.3, 0.4) is 0 Å². The zero-order chi connectivity index (χ0) is 18.1. The summed E-state index contributed by atoms with van der Waals surface area (Å²) in [5, 5.41) is 5.41. The Labute approximate surface area is 150 Å². The Kier molecular flexibility index (Phi) is 7.28. The van der Waals surface area contributed by atoms with Gasteiger partial charge in [0.2, 0.25) is 5.91 Å². The average molecular weight is 362 g/mol. The average Bonchev–Trinajstić information content (AvgIpc) is 2.61. The lowest BCUT2D eigenvalue weighted by molar-refractivity contribution is -0.123. The van der Waals surface area contributed by atoms with Gasteiger partial charge >= 0.3 is 0 Å². The highest BCUT2D eigenvalue weighted by Crippen LogP contribution is 2.19. The molecule has 0 aliphatic rings. The first-order chi connectivity index (χ1) is 12.1. The van der Waals surface area contributed by atoms with Gasteiger partial charge in [-0.05, 0) is 55.5 Å². The van der Waals surface area contributed by atoms with Gasteiger partial charge in [-0.15, -0.1) is 11.8 Å². The van der Waals surface area contributed by atoms with Crippen molar-refractivity contribution in [3.05, 3.63) is 54.3 Å². The van der Waals surface area contributed by atoms with Crippen LogP contribution in [0.2, 0.25) is 0 Å². The molecule has 0 fully saturated rings. The smallest absolute Gasteiger partial charge is 0.257 e. The van der Waals surface area contributed by atoms with Crippen molar-refractivity contribution in [1.82, 2.24) is 5.32 Å². The molecule has 0 atom stereocenters. The van der Waals surface area contributed by atoms with E-state index >= 15 is 0 Å². The summed E-state index contributed by atoms with van der Waals surface area (Å²) in [7, 11) is 0. The molecule has 0 saturated heterocycles. The van der Waals surface area contributed by atoms with Crippen LogP contribution >= 0.6 is 11.8 Å². The minimum Gasteiger partial charge on any atom is -0.484 e. The van der Waals surface area contributed by atoms with E-state index in [2.05, 4.69) is 10.6 Å². The van der Waals surface area contributed by atoms with Gasteiger partial charge in [-0.1, -0.05) is 0 Å². The van der Waals surface area contributed by atoms with Gasteiger partial charge in [0.1, 0.15) is 11.6 Å². The van der Waals surface area contributed by atoms with Gasteiger partial charge in [0.05, 0.1) is 5.75 Å². The van der Waals surface area contributed by atoms with Crippen molar-refractivity contribution in [3.63, 3.8) is 0 Å². The summed E-state index contributed by atoms with van der Waals surface area (Å²) in [6, 6.07) is 12.8. The van der Waals surface area contributed by atoms with Gasteiger partial charge < -0.3 is 15.4 Å². The predicted octanol–water partition coefficient (Wildman–Crippen LogP) is 3.07. The molecule has 0 aromatic heterocycles. The number of nitrogens with one attached hydrogen (secondary N) is 2. The molecule has 0 unspecified atom stereocenters. The lowest BCUT2D eigenvalue weighted by atomic mass is 10.3. The molecule has 2 rings (SSSR count). The highest BCUT2D eigenvalue weighted by Gasteiger charge is 2.05. The molecule has 2 N–H and O–H groups in total. The lowest BCUT2D eigenvalue weighted by Crippen LogP contribution is -2.28. The van der Waals surface area contributed by atoms with Crippen LogP contribution in [0, 0.1) is 5.82 Å². The van der Waals surface area contributed by atoms with Crippen LogP contribution in [0.1, 0.15) is 6.92 Å². The quantitative estimate of drug-likeness (QED) is 0.708. The molecule has 0 bridgehead atoms. The molecule has 0 saturated carbocycles. The SMILES string of the molecule is CCNC(=O)COc1ccc(NC(=O)CSc2ccc(F)cc2)cc1. The highest BCUT2D eigenvalue weighted by atomic mass is 32.2. The topological polar surface area (TPSA) is 67.4 Å². The maximum absolute atomic E-state index is 12.8. The molecule has 2 amide bonds. The number of carbonyl (C=O) groups excluding carboxylic acids is 2. The zero-order valence-corrected chi connectivity index (χ0v) is 14.6. The maximum atomic E-state index is 12.8. The molecule has 7 heteroatoms. The summed E-state index contributed by atoms with van der Waals surface area (Å²) in [6.45, 7) is 2.35. The van der Waals surface area contributed by atoms with Crippen LogP contribution in [0.5, 0.6) is 5.75 Å². The number of ether oxygens (including phenoxy) is 1. The number of anilines is 1. The number of benzene rings is 2. The van der Waals surface area contributed by atoms with Gasteiger partial charge in [0.25, 0.3) is 5.91 Å². The van der Waals surface area contributed by atoms with Gasteiger partial charge in [-0.25, -0.2) is 4.39 Å². The Balaban J connectivity index is 1.77. The molecule has 0 spiro atoms. The van der Waals surface area contributed by atoms with Gasteiger partial charge in [0, 0.05) is 17.1 Å². The lowest BCUT2D eigenvalue weighted by Gasteiger charge is -2.08. The number of carbonyl (C=O) groups is 2. The van der Waals surface area contributed by atoms with Crippen LogP contribution < -0.4 is 15.4 Å². The second-order valence-corrected chi connectivity index (χ2v) is 6.11. The fourth-order valence-corrected chi connectivity index (χ4v) is 2.61. The summed E-state index contributed by atoms with van der Waals surface area (Å²) in [4.78, 5) is 24.1. The van der Waals surface area contributed by atoms with Crippen LogP contribution in [-0.4, -0.2) is 30.7 Å². The first-order valence-corrected chi connectivity index (χ1v) is 8.73. The van der Waals surface area contributed by atoms with Crippen LogP contribution in [-0.2, 0) is 9.59 Å². The summed E-state index contributed by atoms with van der Waals surface area (Å²) < 4.78 is 18.2. The third-order valence-corrected chi connectivity index (χ3v) is 4.08. The van der Waals surface area contributed by atoms with E-state index in [1.54, 1.807) is 36.4 Å². The molecule has 5 nitrogen and oxygen atoms in total. The summed E-state index contributed by atoms with van der Waals surface area (Å²) in [6.07, 6.45) is 0. The van der Waals surface area contributed by atoms with Crippen LogP contribution in [0.15, 0.2) is 53.4 Å². The third kappa shape index (κ3) is 6.84. The van der Waals surface area contributed by atoms with E-state index in [4.69, 9.17) is 4.74 Å². The van der Waals surface area contributed by atoms with E-state index in [1.807, 2.05) is 6.92 Å². The van der Waals surface area contributed by atoms with Crippen molar-refractivity contribution < 1.29 is 18.7 Å². The fourth-order valence-electron chi connectivity index (χ4n) is 1.91. The third-order valence-electron chi connectivity index (χ3n) is 3.07. The Morgan fingerprint density at radius 2 is 1.72 bits per heavy atom. The first kappa shape index (κ1) is 18.8. The minimum atomic E-state index is -0.303. The van der Waals surface area contributed by atoms with Crippen molar-refractivity contribution in [2.45, 2.75) is 11.8 Å². The standard InChI is InChI=1S/C18H19FN2O3S/c1-2-20-17(22)11-24-15-7-5-14(6-8-15)21-18(23)12-25-16-9-3-13(19)4-10-16/h3-10H,2,11-12H2,1H3,(H,20,22)(H,21,23). The van der Waals surface area contributed by atoms with Gasteiger partial charge in [0.15, 0.2) is 6.61 Å². The van der Waals surface area contributed by atoms with E-state index in [0.29, 0.717) is 18.0 Å². The molecular formula is C18H19FN2O3S. The molecule has 0 aliphatic heterocycles. The first-order valence-electron chi connectivity index (χ1n) is 7.74. The largest absolute Gasteiger partial charge is 0.484 e. The van der Waals surface area contributed by atoms with Crippen LogP contribution in [0.4, 0.5) is 10.1 Å². The van der Waals surface area contributed by atoms with E-state index in [0.717, 1.165) is 4.90 Å². The number of likely N-dealkylation sites (N-methyl/N-ethyl adjacent to an activating group) is 1. The second kappa shape index (κ2) is 9.68. The molecule has 2 aromatic carbocycles. The summed E-state index contributed by atoms with van der Waals surface area (Å²) in [5.41, 5.74) is 0.634. The van der Waals surface area contributed by atoms with Gasteiger partial charge in [-0.3, -0.25) is 9.59 Å². The van der Waals surface area contributed by atoms with Crippen LogP contribution in [0.25, 0.3) is 0 Å². The number of hydrogen-bond donors (Lipinski definition) is 2. The molecule has 2 aromatic rings. The monoisotopic (exact) mass is 362 g/mol. The Morgan fingerprint density at radius 1 is 1.04 bits per heavy atom. The number of amides is 2. The molecule has 0 aliphatic carbocycles. The van der Waals surface area contributed by atoms with Crippen molar-refractivity contribution >= 4 is 29.3 Å². The predicted molar refractivity (Wildman–Crippen MR) is 96.4 cm³/mol. The van der Waals surface area contributed by atoms with E-state index < -0.39 is 0 Å². The normalized spacial score (nSPS) is 10.2. The highest BCUT2D eigenvalue weighted by molar-refractivity contribution is 8.00. The number of thioether (sulfide) groups is 1. The van der Waals surface area contributed by atoms with E-state index in [1.165, 1.54) is 23.9 Å². The summed E-state index contributed by atoms with van der Waals surface area (Å²) in [5.74, 6) is 0.123. The Morgan fingerprint density at radius 3 is 2.36 bits per heavy atom. The number of hydrogen-bond acceptors (Lipinski definition) is 4.